The Morgan fingerprint density at radius 2 is 2.27 bits per heavy atom. The first kappa shape index (κ1) is 7.56. The second-order valence-electron chi connectivity index (χ2n) is 2.79. The van der Waals surface area contributed by atoms with Crippen LogP contribution in [-0.2, 0) is 0 Å². The van der Waals surface area contributed by atoms with Crippen LogP contribution in [0.2, 0.25) is 5.02 Å². The lowest BCUT2D eigenvalue weighted by molar-refractivity contribution is 1.01. The molecule has 3 heteroatoms. The molecule has 0 saturated heterocycles. The van der Waals surface area contributed by atoms with Gasteiger partial charge in [0, 0.05) is 16.6 Å². The second-order valence-corrected chi connectivity index (χ2v) is 4.09. The first-order valence-corrected chi connectivity index (χ1v) is 4.75. The molecule has 1 aromatic heterocycles. The fraction of sp³-hybridized carbons (Fsp3) is 0.375. The third kappa shape index (κ3) is 1.57. The fourth-order valence-corrected chi connectivity index (χ4v) is 2.04. The zero-order valence-corrected chi connectivity index (χ0v) is 8.19. The van der Waals surface area contributed by atoms with Crippen LogP contribution in [-0.4, -0.2) is 4.98 Å². The monoisotopic (exact) mass is 231 g/mol. The molecule has 0 N–H and O–H groups in total. The van der Waals surface area contributed by atoms with Crippen LogP contribution in [0.15, 0.2) is 16.7 Å². The third-order valence-electron chi connectivity index (χ3n) is 1.80. The maximum atomic E-state index is 5.75. The Bertz CT molecular complexity index is 283. The number of hydrogen-bond donors (Lipinski definition) is 0. The van der Waals surface area contributed by atoms with Crippen LogP contribution in [0.4, 0.5) is 0 Å². The van der Waals surface area contributed by atoms with Gasteiger partial charge in [0.2, 0.25) is 0 Å². The van der Waals surface area contributed by atoms with Gasteiger partial charge in [0.25, 0.3) is 0 Å². The summed E-state index contributed by atoms with van der Waals surface area (Å²) in [4.78, 5) is 4.26. The van der Waals surface area contributed by atoms with E-state index in [1.807, 2.05) is 6.07 Å². The minimum atomic E-state index is 0.682. The molecule has 11 heavy (non-hydrogen) atoms. The SMILES string of the molecule is Clc1cnc(C2CC2)c(Br)c1. The standard InChI is InChI=1S/C8H7BrClN/c9-7-3-6(10)4-11-8(7)5-1-2-5/h3-5H,1-2H2. The van der Waals surface area contributed by atoms with E-state index in [2.05, 4.69) is 20.9 Å². The molecule has 1 aliphatic rings. The maximum Gasteiger partial charge on any atom is 0.0600 e. The van der Waals surface area contributed by atoms with Crippen LogP contribution in [0.5, 0.6) is 0 Å². The van der Waals surface area contributed by atoms with Crippen LogP contribution >= 0.6 is 27.5 Å². The van der Waals surface area contributed by atoms with Gasteiger partial charge in [-0.2, -0.15) is 0 Å². The fourth-order valence-electron chi connectivity index (χ4n) is 1.08. The Labute approximate surface area is 78.9 Å². The molecule has 1 saturated carbocycles. The van der Waals surface area contributed by atoms with E-state index in [1.54, 1.807) is 6.20 Å². The Hall–Kier alpha value is -0.0800. The normalized spacial score (nSPS) is 16.9. The van der Waals surface area contributed by atoms with Gasteiger partial charge < -0.3 is 0 Å². The van der Waals surface area contributed by atoms with Gasteiger partial charge in [-0.25, -0.2) is 0 Å². The highest BCUT2D eigenvalue weighted by Crippen LogP contribution is 2.42. The number of aromatic nitrogens is 1. The van der Waals surface area contributed by atoms with E-state index in [0.717, 1.165) is 10.2 Å². The Balaban J connectivity index is 2.39. The summed E-state index contributed by atoms with van der Waals surface area (Å²) in [6, 6.07) is 1.90. The predicted octanol–water partition coefficient (Wildman–Crippen LogP) is 3.37. The van der Waals surface area contributed by atoms with Crippen molar-refractivity contribution in [3.05, 3.63) is 27.5 Å². The van der Waals surface area contributed by atoms with Crippen molar-refractivity contribution in [3.63, 3.8) is 0 Å². The van der Waals surface area contributed by atoms with Crippen molar-refractivity contribution in [2.45, 2.75) is 18.8 Å². The molecule has 1 aliphatic carbocycles. The second kappa shape index (κ2) is 2.76. The predicted molar refractivity (Wildman–Crippen MR) is 48.9 cm³/mol. The number of rotatable bonds is 1. The van der Waals surface area contributed by atoms with E-state index in [-0.39, 0.29) is 0 Å². The van der Waals surface area contributed by atoms with Crippen molar-refractivity contribution in [1.82, 2.24) is 4.98 Å². The molecule has 1 aromatic rings. The highest BCUT2D eigenvalue weighted by atomic mass is 79.9. The average molecular weight is 233 g/mol. The highest BCUT2D eigenvalue weighted by molar-refractivity contribution is 9.10. The van der Waals surface area contributed by atoms with E-state index in [1.165, 1.54) is 12.8 Å². The van der Waals surface area contributed by atoms with Crippen LogP contribution < -0.4 is 0 Å². The quantitative estimate of drug-likeness (QED) is 0.723. The Morgan fingerprint density at radius 3 is 2.82 bits per heavy atom. The summed E-state index contributed by atoms with van der Waals surface area (Å²) >= 11 is 9.19. The van der Waals surface area contributed by atoms with Crippen LogP contribution in [0.25, 0.3) is 0 Å². The van der Waals surface area contributed by atoms with Crippen molar-refractivity contribution in [2.24, 2.45) is 0 Å². The molecule has 1 nitrogen and oxygen atoms in total. The van der Waals surface area contributed by atoms with E-state index in [4.69, 9.17) is 11.6 Å². The minimum Gasteiger partial charge on any atom is -0.258 e. The molecule has 0 spiro atoms. The molecular formula is C8H7BrClN. The van der Waals surface area contributed by atoms with Gasteiger partial charge in [0.15, 0.2) is 0 Å². The lowest BCUT2D eigenvalue weighted by atomic mass is 10.2. The minimum absolute atomic E-state index is 0.682. The van der Waals surface area contributed by atoms with Gasteiger partial charge in [-0.1, -0.05) is 11.6 Å². The first-order chi connectivity index (χ1) is 5.27. The molecular weight excluding hydrogens is 225 g/mol. The lowest BCUT2D eigenvalue weighted by Crippen LogP contribution is -1.86. The zero-order chi connectivity index (χ0) is 7.84. The van der Waals surface area contributed by atoms with Gasteiger partial charge in [0.1, 0.15) is 0 Å². The third-order valence-corrected chi connectivity index (χ3v) is 2.64. The van der Waals surface area contributed by atoms with Crippen molar-refractivity contribution in [3.8, 4) is 0 Å². The van der Waals surface area contributed by atoms with Crippen LogP contribution in [0, 0.1) is 0 Å². The van der Waals surface area contributed by atoms with Gasteiger partial charge in [-0.05, 0) is 34.8 Å². The smallest absolute Gasteiger partial charge is 0.0600 e. The number of nitrogens with zero attached hydrogens (tertiary/aromatic N) is 1. The van der Waals surface area contributed by atoms with Crippen molar-refractivity contribution in [1.29, 1.82) is 0 Å². The molecule has 0 atom stereocenters. The molecule has 1 fully saturated rings. The average Bonchev–Trinajstić information content (AvgIpc) is 2.70. The van der Waals surface area contributed by atoms with Crippen molar-refractivity contribution < 1.29 is 0 Å². The lowest BCUT2D eigenvalue weighted by Gasteiger charge is -1.99. The van der Waals surface area contributed by atoms with Gasteiger partial charge in [-0.3, -0.25) is 4.98 Å². The molecule has 58 valence electrons. The number of pyridine rings is 1. The first-order valence-electron chi connectivity index (χ1n) is 3.58. The van der Waals surface area contributed by atoms with Gasteiger partial charge >= 0.3 is 0 Å². The van der Waals surface area contributed by atoms with Gasteiger partial charge in [0.05, 0.1) is 10.7 Å². The molecule has 0 unspecified atom stereocenters. The molecule has 0 amide bonds. The van der Waals surface area contributed by atoms with Crippen molar-refractivity contribution >= 4 is 27.5 Å². The number of hydrogen-bond acceptors (Lipinski definition) is 1. The molecule has 0 aromatic carbocycles. The molecule has 1 heterocycles. The summed E-state index contributed by atoms with van der Waals surface area (Å²) < 4.78 is 1.05. The molecule has 0 radical (unpaired) electrons. The van der Waals surface area contributed by atoms with Crippen LogP contribution in [0.1, 0.15) is 24.5 Å². The summed E-state index contributed by atoms with van der Waals surface area (Å²) in [5.74, 6) is 0.682. The highest BCUT2D eigenvalue weighted by Gasteiger charge is 2.26. The van der Waals surface area contributed by atoms with E-state index >= 15 is 0 Å². The van der Waals surface area contributed by atoms with Crippen LogP contribution in [0.3, 0.4) is 0 Å². The molecule has 0 bridgehead atoms. The topological polar surface area (TPSA) is 12.9 Å². The summed E-state index contributed by atoms with van der Waals surface area (Å²) in [7, 11) is 0. The van der Waals surface area contributed by atoms with E-state index in [0.29, 0.717) is 10.9 Å². The summed E-state index contributed by atoms with van der Waals surface area (Å²) in [5, 5.41) is 0.696. The van der Waals surface area contributed by atoms with Crippen molar-refractivity contribution in [2.75, 3.05) is 0 Å². The Kier molecular flexibility index (Phi) is 1.90. The van der Waals surface area contributed by atoms with E-state index < -0.39 is 0 Å². The largest absolute Gasteiger partial charge is 0.258 e. The van der Waals surface area contributed by atoms with E-state index in [9.17, 15) is 0 Å². The summed E-state index contributed by atoms with van der Waals surface area (Å²) in [6.45, 7) is 0. The summed E-state index contributed by atoms with van der Waals surface area (Å²) in [6.07, 6.45) is 4.25. The zero-order valence-electron chi connectivity index (χ0n) is 5.85. The Morgan fingerprint density at radius 1 is 1.55 bits per heavy atom. The maximum absolute atomic E-state index is 5.75. The van der Waals surface area contributed by atoms with Gasteiger partial charge in [-0.15, -0.1) is 0 Å². The summed E-state index contributed by atoms with van der Waals surface area (Å²) in [5.41, 5.74) is 1.16. The molecule has 0 aliphatic heterocycles. The molecule has 2 rings (SSSR count). The number of halogens is 2.